The molecule has 0 spiro atoms. The molecular weight excluding hydrogens is 190 g/mol. The number of hydrogen-bond donors (Lipinski definition) is 2. The smallest absolute Gasteiger partial charge is 0.251 e. The molecule has 1 unspecified atom stereocenters. The molecule has 82 valence electrons. The van der Waals surface area contributed by atoms with E-state index in [1.807, 2.05) is 0 Å². The fraction of sp³-hybridized carbons (Fsp3) is 0.636. The summed E-state index contributed by atoms with van der Waals surface area (Å²) >= 11 is 0. The SMILES string of the molecule is CC(C)c1cc(=O)[nH]c(C2CCNC2)n1. The van der Waals surface area contributed by atoms with Crippen LogP contribution in [0, 0.1) is 0 Å². The zero-order valence-corrected chi connectivity index (χ0v) is 9.21. The Morgan fingerprint density at radius 3 is 2.93 bits per heavy atom. The Morgan fingerprint density at radius 1 is 1.53 bits per heavy atom. The number of aromatic amines is 1. The van der Waals surface area contributed by atoms with Crippen molar-refractivity contribution in [1.29, 1.82) is 0 Å². The van der Waals surface area contributed by atoms with Crippen LogP contribution in [0.2, 0.25) is 0 Å². The summed E-state index contributed by atoms with van der Waals surface area (Å²) in [6, 6.07) is 1.59. The maximum absolute atomic E-state index is 11.5. The van der Waals surface area contributed by atoms with Crippen LogP contribution in [0.3, 0.4) is 0 Å². The van der Waals surface area contributed by atoms with Gasteiger partial charge in [-0.25, -0.2) is 4.98 Å². The first-order chi connectivity index (χ1) is 7.16. The molecular formula is C11H17N3O. The van der Waals surface area contributed by atoms with E-state index >= 15 is 0 Å². The Kier molecular flexibility index (Phi) is 2.86. The third-order valence-electron chi connectivity index (χ3n) is 2.82. The summed E-state index contributed by atoms with van der Waals surface area (Å²) in [4.78, 5) is 18.8. The monoisotopic (exact) mass is 207 g/mol. The van der Waals surface area contributed by atoms with E-state index in [0.717, 1.165) is 31.0 Å². The average molecular weight is 207 g/mol. The van der Waals surface area contributed by atoms with Gasteiger partial charge in [0.15, 0.2) is 0 Å². The van der Waals surface area contributed by atoms with Crippen LogP contribution >= 0.6 is 0 Å². The third kappa shape index (κ3) is 2.26. The van der Waals surface area contributed by atoms with E-state index in [2.05, 4.69) is 29.1 Å². The van der Waals surface area contributed by atoms with E-state index in [4.69, 9.17) is 0 Å². The van der Waals surface area contributed by atoms with Crippen molar-refractivity contribution in [3.63, 3.8) is 0 Å². The van der Waals surface area contributed by atoms with E-state index in [0.29, 0.717) is 11.8 Å². The topological polar surface area (TPSA) is 57.8 Å². The lowest BCUT2D eigenvalue weighted by Gasteiger charge is -2.10. The molecule has 0 aliphatic carbocycles. The predicted molar refractivity (Wildman–Crippen MR) is 59.2 cm³/mol. The maximum Gasteiger partial charge on any atom is 0.251 e. The molecule has 4 nitrogen and oxygen atoms in total. The molecule has 1 saturated heterocycles. The Bertz CT molecular complexity index is 391. The molecule has 0 amide bonds. The number of rotatable bonds is 2. The first-order valence-corrected chi connectivity index (χ1v) is 5.48. The van der Waals surface area contributed by atoms with Crippen LogP contribution in [-0.4, -0.2) is 23.1 Å². The summed E-state index contributed by atoms with van der Waals surface area (Å²) in [5, 5.41) is 3.28. The molecule has 0 radical (unpaired) electrons. The molecule has 15 heavy (non-hydrogen) atoms. The molecule has 0 aromatic carbocycles. The fourth-order valence-corrected chi connectivity index (χ4v) is 1.87. The molecule has 2 heterocycles. The van der Waals surface area contributed by atoms with Crippen LogP contribution in [0.4, 0.5) is 0 Å². The molecule has 4 heteroatoms. The van der Waals surface area contributed by atoms with Gasteiger partial charge < -0.3 is 10.3 Å². The second kappa shape index (κ2) is 4.14. The fourth-order valence-electron chi connectivity index (χ4n) is 1.87. The zero-order chi connectivity index (χ0) is 10.8. The van der Waals surface area contributed by atoms with Crippen molar-refractivity contribution in [2.75, 3.05) is 13.1 Å². The summed E-state index contributed by atoms with van der Waals surface area (Å²) in [6.07, 6.45) is 1.06. The average Bonchev–Trinajstić information content (AvgIpc) is 2.69. The lowest BCUT2D eigenvalue weighted by atomic mass is 10.1. The Labute approximate surface area is 89.1 Å². The van der Waals surface area contributed by atoms with Gasteiger partial charge in [-0.3, -0.25) is 4.79 Å². The van der Waals surface area contributed by atoms with Gasteiger partial charge in [0.05, 0.1) is 5.69 Å². The summed E-state index contributed by atoms with van der Waals surface area (Å²) in [5.41, 5.74) is 0.858. The van der Waals surface area contributed by atoms with Gasteiger partial charge in [-0.1, -0.05) is 13.8 Å². The highest BCUT2D eigenvalue weighted by molar-refractivity contribution is 5.10. The van der Waals surface area contributed by atoms with Crippen molar-refractivity contribution < 1.29 is 0 Å². The van der Waals surface area contributed by atoms with Gasteiger partial charge in [-0.05, 0) is 18.9 Å². The molecule has 0 bridgehead atoms. The lowest BCUT2D eigenvalue weighted by molar-refractivity contribution is 0.675. The largest absolute Gasteiger partial charge is 0.316 e. The Hall–Kier alpha value is -1.16. The van der Waals surface area contributed by atoms with Gasteiger partial charge >= 0.3 is 0 Å². The highest BCUT2D eigenvalue weighted by atomic mass is 16.1. The second-order valence-corrected chi connectivity index (χ2v) is 4.40. The molecule has 1 aromatic heterocycles. The van der Waals surface area contributed by atoms with Gasteiger partial charge in [0, 0.05) is 18.5 Å². The lowest BCUT2D eigenvalue weighted by Crippen LogP contribution is -2.17. The molecule has 0 saturated carbocycles. The van der Waals surface area contributed by atoms with E-state index in [9.17, 15) is 4.79 Å². The van der Waals surface area contributed by atoms with Gasteiger partial charge in [-0.2, -0.15) is 0 Å². The second-order valence-electron chi connectivity index (χ2n) is 4.40. The summed E-state index contributed by atoms with van der Waals surface area (Å²) < 4.78 is 0. The minimum absolute atomic E-state index is 0.0319. The minimum atomic E-state index is -0.0319. The van der Waals surface area contributed by atoms with Crippen LogP contribution in [0.5, 0.6) is 0 Å². The molecule has 2 rings (SSSR count). The van der Waals surface area contributed by atoms with Gasteiger partial charge in [0.2, 0.25) is 0 Å². The summed E-state index contributed by atoms with van der Waals surface area (Å²) in [5.74, 6) is 1.52. The van der Waals surface area contributed by atoms with E-state index in [1.54, 1.807) is 6.07 Å². The normalized spacial score (nSPS) is 21.1. The molecule has 2 N–H and O–H groups in total. The van der Waals surface area contributed by atoms with Crippen molar-refractivity contribution in [2.45, 2.75) is 32.1 Å². The highest BCUT2D eigenvalue weighted by Crippen LogP contribution is 2.19. The van der Waals surface area contributed by atoms with Gasteiger partial charge in [-0.15, -0.1) is 0 Å². The molecule has 1 aliphatic rings. The van der Waals surface area contributed by atoms with Crippen molar-refractivity contribution in [1.82, 2.24) is 15.3 Å². The quantitative estimate of drug-likeness (QED) is 0.759. The van der Waals surface area contributed by atoms with Crippen molar-refractivity contribution >= 4 is 0 Å². The van der Waals surface area contributed by atoms with Gasteiger partial charge in [0.25, 0.3) is 5.56 Å². The Morgan fingerprint density at radius 2 is 2.33 bits per heavy atom. The van der Waals surface area contributed by atoms with Crippen molar-refractivity contribution in [3.05, 3.63) is 27.9 Å². The third-order valence-corrected chi connectivity index (χ3v) is 2.82. The van der Waals surface area contributed by atoms with E-state index in [1.165, 1.54) is 0 Å². The predicted octanol–water partition coefficient (Wildman–Crippen LogP) is 0.970. The standard InChI is InChI=1S/C11H17N3O/c1-7(2)9-5-10(15)14-11(13-9)8-3-4-12-6-8/h5,7-8,12H,3-4,6H2,1-2H3,(H,13,14,15). The van der Waals surface area contributed by atoms with Crippen LogP contribution in [0.1, 0.15) is 43.6 Å². The van der Waals surface area contributed by atoms with E-state index in [-0.39, 0.29) is 5.56 Å². The number of H-pyrrole nitrogens is 1. The Balaban J connectivity index is 2.34. The number of hydrogen-bond acceptors (Lipinski definition) is 3. The molecule has 1 fully saturated rings. The first kappa shape index (κ1) is 10.4. The minimum Gasteiger partial charge on any atom is -0.316 e. The number of aromatic nitrogens is 2. The van der Waals surface area contributed by atoms with Crippen LogP contribution in [0.25, 0.3) is 0 Å². The highest BCUT2D eigenvalue weighted by Gasteiger charge is 2.19. The van der Waals surface area contributed by atoms with Crippen LogP contribution in [-0.2, 0) is 0 Å². The zero-order valence-electron chi connectivity index (χ0n) is 9.21. The van der Waals surface area contributed by atoms with Crippen LogP contribution in [0.15, 0.2) is 10.9 Å². The summed E-state index contributed by atoms with van der Waals surface area (Å²) in [6.45, 7) is 6.04. The van der Waals surface area contributed by atoms with Gasteiger partial charge in [0.1, 0.15) is 5.82 Å². The summed E-state index contributed by atoms with van der Waals surface area (Å²) in [7, 11) is 0. The maximum atomic E-state index is 11.5. The van der Waals surface area contributed by atoms with Crippen molar-refractivity contribution in [2.24, 2.45) is 0 Å². The van der Waals surface area contributed by atoms with Crippen LogP contribution < -0.4 is 10.9 Å². The van der Waals surface area contributed by atoms with Crippen molar-refractivity contribution in [3.8, 4) is 0 Å². The number of nitrogens with zero attached hydrogens (tertiary/aromatic N) is 1. The molecule has 1 aromatic rings. The molecule has 1 aliphatic heterocycles. The first-order valence-electron chi connectivity index (χ1n) is 5.48. The number of nitrogens with one attached hydrogen (secondary N) is 2. The van der Waals surface area contributed by atoms with E-state index < -0.39 is 0 Å². The molecule has 1 atom stereocenters.